The minimum atomic E-state index is -1.39. The molecule has 0 spiro atoms. The van der Waals surface area contributed by atoms with Crippen molar-refractivity contribution in [1.82, 2.24) is 4.98 Å². The predicted octanol–water partition coefficient (Wildman–Crippen LogP) is 2.22. The zero-order chi connectivity index (χ0) is 21.3. The van der Waals surface area contributed by atoms with Crippen LogP contribution in [0.4, 0.5) is 0 Å². The summed E-state index contributed by atoms with van der Waals surface area (Å²) in [7, 11) is 0. The van der Waals surface area contributed by atoms with Crippen LogP contribution in [0.5, 0.6) is 0 Å². The number of rotatable bonds is 5. The minimum absolute atomic E-state index is 0.439. The van der Waals surface area contributed by atoms with Crippen molar-refractivity contribution in [3.8, 4) is 10.6 Å². The van der Waals surface area contributed by atoms with E-state index < -0.39 is 37.1 Å². The molecule has 1 aliphatic heterocycles. The summed E-state index contributed by atoms with van der Waals surface area (Å²) in [6.07, 6.45) is -3.28. The van der Waals surface area contributed by atoms with Crippen LogP contribution in [0.25, 0.3) is 10.6 Å². The van der Waals surface area contributed by atoms with Gasteiger partial charge < -0.3 is 25.2 Å². The Morgan fingerprint density at radius 3 is 2.57 bits per heavy atom. The number of aliphatic hydroxyl groups excluding tert-OH is 4. The van der Waals surface area contributed by atoms with E-state index >= 15 is 0 Å². The fraction of sp³-hybridized carbons (Fsp3) is 0.348. The molecule has 1 fully saturated rings. The van der Waals surface area contributed by atoms with E-state index in [0.29, 0.717) is 12.0 Å². The van der Waals surface area contributed by atoms with Crippen LogP contribution < -0.4 is 0 Å². The molecule has 1 saturated heterocycles. The summed E-state index contributed by atoms with van der Waals surface area (Å²) in [5.41, 5.74) is 3.84. The van der Waals surface area contributed by atoms with E-state index in [4.69, 9.17) is 4.74 Å². The van der Waals surface area contributed by atoms with Gasteiger partial charge in [0.05, 0.1) is 17.2 Å². The number of aliphatic hydroxyl groups is 4. The van der Waals surface area contributed by atoms with Gasteiger partial charge in [-0.1, -0.05) is 24.3 Å². The lowest BCUT2D eigenvalue weighted by molar-refractivity contribution is -0.231. The monoisotopic (exact) mass is 427 g/mol. The summed E-state index contributed by atoms with van der Waals surface area (Å²) in [6, 6.07) is 15.8. The number of hydrogen-bond acceptors (Lipinski definition) is 7. The summed E-state index contributed by atoms with van der Waals surface area (Å²) >= 11 is 1.69. The minimum Gasteiger partial charge on any atom is -0.394 e. The van der Waals surface area contributed by atoms with E-state index in [1.807, 2.05) is 43.3 Å². The molecule has 0 saturated carbocycles. The Bertz CT molecular complexity index is 990. The summed E-state index contributed by atoms with van der Waals surface area (Å²) in [5, 5.41) is 40.0. The molecule has 30 heavy (non-hydrogen) atoms. The molecule has 3 aromatic rings. The second-order valence-corrected chi connectivity index (χ2v) is 8.76. The summed E-state index contributed by atoms with van der Waals surface area (Å²) < 4.78 is 5.71. The summed E-state index contributed by atoms with van der Waals surface area (Å²) in [4.78, 5) is 6.69. The molecule has 6 nitrogen and oxygen atoms in total. The molecule has 0 aliphatic carbocycles. The molecule has 0 unspecified atom stereocenters. The average Bonchev–Trinajstić information content (AvgIpc) is 3.23. The van der Waals surface area contributed by atoms with E-state index in [1.54, 1.807) is 17.5 Å². The second-order valence-electron chi connectivity index (χ2n) is 7.59. The van der Waals surface area contributed by atoms with Crippen molar-refractivity contribution in [3.63, 3.8) is 0 Å². The maximum atomic E-state index is 10.4. The van der Waals surface area contributed by atoms with Crippen LogP contribution in [0.2, 0.25) is 0 Å². The highest BCUT2D eigenvalue weighted by atomic mass is 32.1. The van der Waals surface area contributed by atoms with Gasteiger partial charge in [0.25, 0.3) is 0 Å². The third kappa shape index (κ3) is 4.18. The van der Waals surface area contributed by atoms with E-state index in [1.165, 1.54) is 4.88 Å². The SMILES string of the molecule is Cc1ccc([C@@H]2O[C@H](CO)[C@@H](O)[C@H](O)[C@H]2O)cc1Cc1ccc(-c2ccccn2)s1. The van der Waals surface area contributed by atoms with Gasteiger partial charge in [-0.05, 0) is 47.9 Å². The number of benzene rings is 1. The van der Waals surface area contributed by atoms with Crippen LogP contribution >= 0.6 is 11.3 Å². The molecule has 0 bridgehead atoms. The number of aromatic nitrogens is 1. The van der Waals surface area contributed by atoms with Crippen LogP contribution in [-0.2, 0) is 11.2 Å². The molecule has 4 N–H and O–H groups in total. The van der Waals surface area contributed by atoms with E-state index in [-0.39, 0.29) is 0 Å². The lowest BCUT2D eigenvalue weighted by Crippen LogP contribution is -2.55. The number of hydrogen-bond donors (Lipinski definition) is 4. The molecule has 1 aliphatic rings. The van der Waals surface area contributed by atoms with Gasteiger partial charge in [0.15, 0.2) is 0 Å². The topological polar surface area (TPSA) is 103 Å². The zero-order valence-electron chi connectivity index (χ0n) is 16.5. The van der Waals surface area contributed by atoms with Gasteiger partial charge in [0.2, 0.25) is 0 Å². The first-order chi connectivity index (χ1) is 14.5. The van der Waals surface area contributed by atoms with E-state index in [9.17, 15) is 20.4 Å². The standard InChI is InChI=1S/C23H25NO5S/c1-13-5-6-14(23-22(28)21(27)20(26)18(12-25)29-23)10-15(13)11-16-7-8-19(30-16)17-4-2-3-9-24-17/h2-10,18,20-23,25-28H,11-12H2,1H3/t18-,20-,21+,22-,23+/m1/s1. The molecule has 5 atom stereocenters. The summed E-state index contributed by atoms with van der Waals surface area (Å²) in [6.45, 7) is 1.59. The maximum absolute atomic E-state index is 10.4. The maximum Gasteiger partial charge on any atom is 0.113 e. The lowest BCUT2D eigenvalue weighted by atomic mass is 9.89. The predicted molar refractivity (Wildman–Crippen MR) is 114 cm³/mol. The third-order valence-corrected chi connectivity index (χ3v) is 6.65. The number of aryl methyl sites for hydroxylation is 1. The number of nitrogens with zero attached hydrogens (tertiary/aromatic N) is 1. The van der Waals surface area contributed by atoms with Gasteiger partial charge in [0.1, 0.15) is 30.5 Å². The molecule has 0 amide bonds. The molecular formula is C23H25NO5S. The first-order valence-electron chi connectivity index (χ1n) is 9.88. The van der Waals surface area contributed by atoms with Crippen LogP contribution in [0, 0.1) is 6.92 Å². The fourth-order valence-corrected chi connectivity index (χ4v) is 4.75. The first-order valence-corrected chi connectivity index (χ1v) is 10.7. The molecule has 2 aromatic heterocycles. The molecule has 3 heterocycles. The Kier molecular flexibility index (Phi) is 6.29. The van der Waals surface area contributed by atoms with Crippen molar-refractivity contribution in [2.24, 2.45) is 0 Å². The van der Waals surface area contributed by atoms with Crippen LogP contribution in [-0.4, -0.2) is 56.4 Å². The molecule has 4 rings (SSSR count). The van der Waals surface area contributed by atoms with Crippen molar-refractivity contribution < 1.29 is 25.2 Å². The summed E-state index contributed by atoms with van der Waals surface area (Å²) in [5.74, 6) is 0. The van der Waals surface area contributed by atoms with E-state index in [2.05, 4.69) is 17.1 Å². The van der Waals surface area contributed by atoms with Crippen molar-refractivity contribution >= 4 is 11.3 Å². The fourth-order valence-electron chi connectivity index (χ4n) is 3.74. The Morgan fingerprint density at radius 1 is 1.00 bits per heavy atom. The number of pyridine rings is 1. The average molecular weight is 428 g/mol. The van der Waals surface area contributed by atoms with Crippen LogP contribution in [0.15, 0.2) is 54.7 Å². The van der Waals surface area contributed by atoms with Gasteiger partial charge in [0, 0.05) is 17.5 Å². The smallest absolute Gasteiger partial charge is 0.113 e. The van der Waals surface area contributed by atoms with Gasteiger partial charge >= 0.3 is 0 Å². The van der Waals surface area contributed by atoms with Crippen LogP contribution in [0.1, 0.15) is 27.7 Å². The molecule has 0 radical (unpaired) electrons. The van der Waals surface area contributed by atoms with Gasteiger partial charge in [-0.2, -0.15) is 0 Å². The Labute approximate surface area is 179 Å². The van der Waals surface area contributed by atoms with Crippen LogP contribution in [0.3, 0.4) is 0 Å². The Balaban J connectivity index is 1.57. The van der Waals surface area contributed by atoms with Gasteiger partial charge in [-0.25, -0.2) is 0 Å². The molecule has 158 valence electrons. The molecule has 7 heteroatoms. The largest absolute Gasteiger partial charge is 0.394 e. The van der Waals surface area contributed by atoms with E-state index in [0.717, 1.165) is 21.7 Å². The highest BCUT2D eigenvalue weighted by Crippen LogP contribution is 2.34. The number of thiophene rings is 1. The van der Waals surface area contributed by atoms with Gasteiger partial charge in [-0.3, -0.25) is 4.98 Å². The Morgan fingerprint density at radius 2 is 1.83 bits per heavy atom. The zero-order valence-corrected chi connectivity index (χ0v) is 17.4. The first kappa shape index (κ1) is 21.1. The lowest BCUT2D eigenvalue weighted by Gasteiger charge is -2.40. The van der Waals surface area contributed by atoms with Crippen molar-refractivity contribution in [1.29, 1.82) is 0 Å². The Hall–Kier alpha value is -2.13. The highest BCUT2D eigenvalue weighted by molar-refractivity contribution is 7.15. The van der Waals surface area contributed by atoms with Gasteiger partial charge in [-0.15, -0.1) is 11.3 Å². The normalized spacial score (nSPS) is 26.6. The molecular weight excluding hydrogens is 402 g/mol. The van der Waals surface area contributed by atoms with Crippen molar-refractivity contribution in [3.05, 3.63) is 76.3 Å². The highest BCUT2D eigenvalue weighted by Gasteiger charge is 2.43. The van der Waals surface area contributed by atoms with Crippen molar-refractivity contribution in [2.75, 3.05) is 6.61 Å². The van der Waals surface area contributed by atoms with Crippen molar-refractivity contribution in [2.45, 2.75) is 43.9 Å². The number of ether oxygens (including phenoxy) is 1. The second kappa shape index (κ2) is 8.93. The quantitative estimate of drug-likeness (QED) is 0.498. The third-order valence-electron chi connectivity index (χ3n) is 5.54. The molecule has 1 aromatic carbocycles.